The van der Waals surface area contributed by atoms with Crippen LogP contribution in [0.2, 0.25) is 0 Å². The third-order valence-corrected chi connectivity index (χ3v) is 9.46. The molecule has 39 heavy (non-hydrogen) atoms. The van der Waals surface area contributed by atoms with E-state index in [0.717, 1.165) is 19.3 Å². The van der Waals surface area contributed by atoms with Gasteiger partial charge in [0.1, 0.15) is 6.10 Å². The first-order valence-corrected chi connectivity index (χ1v) is 17.5. The molecular formula is C32H64NO5P. The molecule has 0 rings (SSSR count). The molecule has 0 aliphatic rings. The highest BCUT2D eigenvalue weighted by molar-refractivity contribution is 7.51. The third kappa shape index (κ3) is 22.8. The van der Waals surface area contributed by atoms with E-state index in [9.17, 15) is 9.46 Å². The molecule has 0 aromatic carbocycles. The maximum Gasteiger partial charge on any atom is 0.193 e. The fraction of sp³-hybridized carbons (Fsp3) is 0.875. The topological polar surface area (TPSA) is 67.8 Å². The van der Waals surface area contributed by atoms with Crippen molar-refractivity contribution in [3.05, 3.63) is 24.3 Å². The number of unbranched alkanes of at least 4 members (excludes halogenated alkanes) is 13. The second kappa shape index (κ2) is 25.2. The molecule has 2 unspecified atom stereocenters. The molecule has 232 valence electrons. The van der Waals surface area contributed by atoms with Gasteiger partial charge < -0.3 is 27.9 Å². The van der Waals surface area contributed by atoms with Crippen LogP contribution in [0.15, 0.2) is 24.3 Å². The molecule has 0 aliphatic carbocycles. The Kier molecular flexibility index (Phi) is 24.9. The van der Waals surface area contributed by atoms with Crippen molar-refractivity contribution in [1.29, 1.82) is 0 Å². The number of allylic oxidation sites excluding steroid dienone is 4. The van der Waals surface area contributed by atoms with Gasteiger partial charge in [-0.2, -0.15) is 0 Å². The van der Waals surface area contributed by atoms with Crippen LogP contribution in [-0.2, 0) is 18.6 Å². The van der Waals surface area contributed by atoms with Gasteiger partial charge in [0, 0.05) is 20.1 Å². The lowest BCUT2D eigenvalue weighted by atomic mass is 10.1. The van der Waals surface area contributed by atoms with Crippen LogP contribution in [0, 0.1) is 0 Å². The summed E-state index contributed by atoms with van der Waals surface area (Å²) in [4.78, 5) is 12.6. The van der Waals surface area contributed by atoms with E-state index in [2.05, 4.69) is 31.2 Å². The van der Waals surface area contributed by atoms with Gasteiger partial charge in [-0.25, -0.2) is 0 Å². The van der Waals surface area contributed by atoms with Gasteiger partial charge in [0.05, 0.1) is 34.4 Å². The Hall–Kier alpha value is -0.490. The number of ether oxygens (including phenoxy) is 2. The molecule has 0 radical (unpaired) electrons. The van der Waals surface area contributed by atoms with E-state index < -0.39 is 13.4 Å². The monoisotopic (exact) mass is 573 g/mol. The first-order valence-electron chi connectivity index (χ1n) is 15.9. The second-order valence-electron chi connectivity index (χ2n) is 11.8. The quantitative estimate of drug-likeness (QED) is 0.0407. The van der Waals surface area contributed by atoms with Crippen molar-refractivity contribution < 1.29 is 27.9 Å². The fourth-order valence-electron chi connectivity index (χ4n) is 4.71. The Morgan fingerprint density at radius 2 is 1.18 bits per heavy atom. The summed E-state index contributed by atoms with van der Waals surface area (Å²) in [6.07, 6.45) is 29.9. The van der Waals surface area contributed by atoms with Gasteiger partial charge in [-0.1, -0.05) is 89.5 Å². The molecule has 7 heteroatoms. The van der Waals surface area contributed by atoms with E-state index in [0.29, 0.717) is 24.1 Å². The largest absolute Gasteiger partial charge is 0.774 e. The maximum atomic E-state index is 12.6. The zero-order valence-corrected chi connectivity index (χ0v) is 27.4. The number of hydrogen-bond acceptors (Lipinski definition) is 5. The van der Waals surface area contributed by atoms with Crippen LogP contribution in [0.25, 0.3) is 0 Å². The van der Waals surface area contributed by atoms with Crippen molar-refractivity contribution in [3.8, 4) is 0 Å². The first-order chi connectivity index (χ1) is 18.7. The van der Waals surface area contributed by atoms with Crippen LogP contribution >= 0.6 is 7.60 Å². The lowest BCUT2D eigenvalue weighted by molar-refractivity contribution is -0.884. The molecule has 0 bridgehead atoms. The SMILES string of the molecule is CCCC/C=C\CCCCCCCCCC/C=C\CCCCOC[C@H](COP(=O)([O-])C(CC)[N+](C)(C)C)OC. The lowest BCUT2D eigenvalue weighted by Crippen LogP contribution is -2.47. The van der Waals surface area contributed by atoms with Crippen molar-refractivity contribution in [1.82, 2.24) is 0 Å². The molecule has 0 fully saturated rings. The summed E-state index contributed by atoms with van der Waals surface area (Å²) in [6.45, 7) is 5.10. The van der Waals surface area contributed by atoms with E-state index in [1.807, 2.05) is 28.1 Å². The summed E-state index contributed by atoms with van der Waals surface area (Å²) in [5.41, 5.74) is 0. The highest BCUT2D eigenvalue weighted by atomic mass is 31.2. The molecule has 0 saturated carbocycles. The van der Waals surface area contributed by atoms with Crippen LogP contribution in [-0.4, -0.2) is 64.4 Å². The lowest BCUT2D eigenvalue weighted by Gasteiger charge is -2.41. The number of rotatable bonds is 28. The van der Waals surface area contributed by atoms with Gasteiger partial charge in [-0.15, -0.1) is 0 Å². The van der Waals surface area contributed by atoms with Crippen LogP contribution in [0.5, 0.6) is 0 Å². The number of quaternary nitrogens is 1. The minimum atomic E-state index is -4.00. The summed E-state index contributed by atoms with van der Waals surface area (Å²) in [5.74, 6) is -0.573. The summed E-state index contributed by atoms with van der Waals surface area (Å²) < 4.78 is 29.3. The number of hydrogen-bond donors (Lipinski definition) is 0. The van der Waals surface area contributed by atoms with Crippen LogP contribution in [0.4, 0.5) is 0 Å². The van der Waals surface area contributed by atoms with Crippen molar-refractivity contribution in [2.24, 2.45) is 0 Å². The van der Waals surface area contributed by atoms with Gasteiger partial charge in [0.25, 0.3) is 0 Å². The molecular weight excluding hydrogens is 509 g/mol. The minimum Gasteiger partial charge on any atom is -0.774 e. The summed E-state index contributed by atoms with van der Waals surface area (Å²) in [6, 6.07) is 0. The highest BCUT2D eigenvalue weighted by Gasteiger charge is 2.34. The van der Waals surface area contributed by atoms with Crippen molar-refractivity contribution >= 4 is 7.60 Å². The number of methoxy groups -OCH3 is 1. The molecule has 0 amide bonds. The zero-order valence-electron chi connectivity index (χ0n) is 26.5. The molecule has 0 heterocycles. The Balaban J connectivity index is 3.63. The molecule has 3 atom stereocenters. The Morgan fingerprint density at radius 1 is 0.718 bits per heavy atom. The van der Waals surface area contributed by atoms with E-state index in [1.165, 1.54) is 83.5 Å². The Morgan fingerprint density at radius 3 is 1.62 bits per heavy atom. The van der Waals surface area contributed by atoms with Gasteiger partial charge in [0.15, 0.2) is 13.4 Å². The van der Waals surface area contributed by atoms with Gasteiger partial charge in [-0.3, -0.25) is 0 Å². The van der Waals surface area contributed by atoms with Crippen LogP contribution < -0.4 is 4.89 Å². The summed E-state index contributed by atoms with van der Waals surface area (Å²) in [5, 5.41) is 0. The standard InChI is InChI=1S/C32H64NO5P/c1-7-9-10-11-12-13-14-15-16-17-18-19-20-21-22-23-24-25-26-27-28-37-29-31(36-6)30-38-39(34,35)32(8-2)33(3,4)5/h11-12,23-24,31-32H,7-10,13-22,25-30H2,1-6H3/b12-11-,24-23-/t31-,32?/m1/s1. The molecule has 0 aliphatic heterocycles. The van der Waals surface area contributed by atoms with Crippen molar-refractivity contribution in [2.45, 2.75) is 135 Å². The van der Waals surface area contributed by atoms with Crippen LogP contribution in [0.3, 0.4) is 0 Å². The Bertz CT molecular complexity index is 647. The second-order valence-corrected chi connectivity index (χ2v) is 13.7. The normalized spacial score (nSPS) is 15.8. The molecule has 0 aromatic heterocycles. The maximum absolute atomic E-state index is 12.6. The summed E-state index contributed by atoms with van der Waals surface area (Å²) >= 11 is 0. The van der Waals surface area contributed by atoms with E-state index >= 15 is 0 Å². The molecule has 6 nitrogen and oxygen atoms in total. The predicted octanol–water partition coefficient (Wildman–Crippen LogP) is 8.40. The predicted molar refractivity (Wildman–Crippen MR) is 165 cm³/mol. The van der Waals surface area contributed by atoms with Gasteiger partial charge >= 0.3 is 0 Å². The highest BCUT2D eigenvalue weighted by Crippen LogP contribution is 2.47. The van der Waals surface area contributed by atoms with E-state index in [1.54, 1.807) is 7.11 Å². The zero-order chi connectivity index (χ0) is 29.2. The van der Waals surface area contributed by atoms with Gasteiger partial charge in [0.2, 0.25) is 0 Å². The fourth-order valence-corrected chi connectivity index (χ4v) is 6.55. The van der Waals surface area contributed by atoms with E-state index in [4.69, 9.17) is 14.0 Å². The molecule has 0 saturated heterocycles. The van der Waals surface area contributed by atoms with Crippen molar-refractivity contribution in [2.75, 3.05) is 48.1 Å². The minimum absolute atomic E-state index is 0.00636. The smallest absolute Gasteiger partial charge is 0.193 e. The van der Waals surface area contributed by atoms with Gasteiger partial charge in [-0.05, 0) is 51.4 Å². The average molecular weight is 574 g/mol. The Labute approximate surface area is 242 Å². The number of nitrogens with zero attached hydrogens (tertiary/aromatic N) is 1. The average Bonchev–Trinajstić information content (AvgIpc) is 2.88. The summed E-state index contributed by atoms with van der Waals surface area (Å²) in [7, 11) is 3.17. The first kappa shape index (κ1) is 38.5. The van der Waals surface area contributed by atoms with E-state index in [-0.39, 0.29) is 12.7 Å². The molecule has 0 aromatic rings. The molecule has 0 N–H and O–H groups in total. The van der Waals surface area contributed by atoms with Crippen LogP contribution in [0.1, 0.15) is 123 Å². The molecule has 0 spiro atoms. The van der Waals surface area contributed by atoms with Crippen molar-refractivity contribution in [3.63, 3.8) is 0 Å². The third-order valence-electron chi connectivity index (χ3n) is 7.16.